The van der Waals surface area contributed by atoms with E-state index >= 15 is 0 Å². The molecule has 0 amide bonds. The minimum Gasteiger partial charge on any atom is -0.486 e. The van der Waals surface area contributed by atoms with Gasteiger partial charge in [-0.3, -0.25) is 14.9 Å². The van der Waals surface area contributed by atoms with E-state index in [9.17, 15) is 14.9 Å². The third kappa shape index (κ3) is 3.76. The summed E-state index contributed by atoms with van der Waals surface area (Å²) in [6, 6.07) is 10.4. The number of ketones is 1. The Kier molecular flexibility index (Phi) is 5.45. The number of nitrogens with zero attached hydrogens (tertiary/aromatic N) is 3. The van der Waals surface area contributed by atoms with Gasteiger partial charge in [-0.1, -0.05) is 11.8 Å². The number of carbonyl (C=O) groups excluding carboxylic acids is 1. The van der Waals surface area contributed by atoms with Crippen molar-refractivity contribution < 1.29 is 19.2 Å². The van der Waals surface area contributed by atoms with Gasteiger partial charge in [-0.2, -0.15) is 0 Å². The van der Waals surface area contributed by atoms with Crippen LogP contribution in [0.3, 0.4) is 0 Å². The average molecular weight is 425 g/mol. The number of pyridine rings is 1. The average Bonchev–Trinajstić information content (AvgIpc) is 3.05. The van der Waals surface area contributed by atoms with Crippen LogP contribution in [0.2, 0.25) is 0 Å². The highest BCUT2D eigenvalue weighted by Gasteiger charge is 2.21. The molecule has 30 heavy (non-hydrogen) atoms. The third-order valence-electron chi connectivity index (χ3n) is 4.80. The summed E-state index contributed by atoms with van der Waals surface area (Å²) in [4.78, 5) is 27.6. The van der Waals surface area contributed by atoms with Gasteiger partial charge in [0, 0.05) is 41.0 Å². The molecular formula is C21H19N3O5S. The van der Waals surface area contributed by atoms with Crippen LogP contribution in [0.15, 0.2) is 47.6 Å². The molecule has 0 spiro atoms. The van der Waals surface area contributed by atoms with Crippen LogP contribution in [0.5, 0.6) is 11.5 Å². The number of aromatic nitrogens is 2. The quantitative estimate of drug-likeness (QED) is 0.253. The topological polar surface area (TPSA) is 96.5 Å². The van der Waals surface area contributed by atoms with Crippen LogP contribution < -0.4 is 9.47 Å². The number of rotatable bonds is 6. The monoisotopic (exact) mass is 425 g/mol. The molecule has 2 aromatic heterocycles. The lowest BCUT2D eigenvalue weighted by molar-refractivity contribution is -0.388. The van der Waals surface area contributed by atoms with Gasteiger partial charge in [0.25, 0.3) is 0 Å². The fraction of sp³-hybridized carbons (Fsp3) is 0.238. The van der Waals surface area contributed by atoms with Crippen molar-refractivity contribution in [2.24, 2.45) is 0 Å². The second-order valence-corrected chi connectivity index (χ2v) is 7.71. The van der Waals surface area contributed by atoms with E-state index < -0.39 is 4.92 Å². The van der Waals surface area contributed by atoms with Crippen molar-refractivity contribution in [1.29, 1.82) is 0 Å². The molecule has 9 heteroatoms. The Morgan fingerprint density at radius 2 is 1.97 bits per heavy atom. The van der Waals surface area contributed by atoms with Gasteiger partial charge >= 0.3 is 5.69 Å². The first kappa shape index (κ1) is 20.0. The van der Waals surface area contributed by atoms with E-state index in [1.54, 1.807) is 0 Å². The van der Waals surface area contributed by atoms with Crippen LogP contribution >= 0.6 is 11.8 Å². The number of aryl methyl sites for hydroxylation is 1. The second kappa shape index (κ2) is 8.19. The Morgan fingerprint density at radius 3 is 2.73 bits per heavy atom. The van der Waals surface area contributed by atoms with Gasteiger partial charge in [-0.25, -0.2) is 4.98 Å². The zero-order valence-corrected chi connectivity index (χ0v) is 17.3. The highest BCUT2D eigenvalue weighted by atomic mass is 32.2. The summed E-state index contributed by atoms with van der Waals surface area (Å²) in [5.41, 5.74) is 3.05. The number of benzene rings is 1. The van der Waals surface area contributed by atoms with Crippen LogP contribution in [0.4, 0.5) is 5.69 Å². The predicted octanol–water partition coefficient (Wildman–Crippen LogP) is 4.14. The van der Waals surface area contributed by atoms with Crippen molar-refractivity contribution >= 4 is 23.2 Å². The maximum Gasteiger partial charge on any atom is 0.301 e. The zero-order chi connectivity index (χ0) is 21.3. The Labute approximate surface area is 177 Å². The normalized spacial score (nSPS) is 12.6. The van der Waals surface area contributed by atoms with Crippen LogP contribution in [-0.4, -0.2) is 39.2 Å². The standard InChI is InChI=1S/C21H19N3O5S/c1-13-10-16(18(25)12-30-21-17(24(26)27)4-3-7-22-21)14(2)23(13)15-5-6-19-20(11-15)29-9-8-28-19/h3-7,10-11H,8-9,12H2,1-2H3. The highest BCUT2D eigenvalue weighted by Crippen LogP contribution is 2.34. The van der Waals surface area contributed by atoms with Crippen LogP contribution in [0.25, 0.3) is 5.69 Å². The fourth-order valence-corrected chi connectivity index (χ4v) is 4.31. The lowest BCUT2D eigenvalue weighted by Crippen LogP contribution is -2.15. The van der Waals surface area contributed by atoms with Crippen molar-refractivity contribution in [3.63, 3.8) is 0 Å². The molecule has 0 fully saturated rings. The van der Waals surface area contributed by atoms with E-state index in [0.29, 0.717) is 30.3 Å². The largest absolute Gasteiger partial charge is 0.486 e. The van der Waals surface area contributed by atoms with E-state index in [0.717, 1.165) is 28.8 Å². The number of hydrogen-bond donors (Lipinski definition) is 0. The van der Waals surface area contributed by atoms with E-state index in [4.69, 9.17) is 9.47 Å². The molecule has 3 heterocycles. The molecule has 0 bridgehead atoms. The van der Waals surface area contributed by atoms with Gasteiger partial charge in [0.2, 0.25) is 0 Å². The molecule has 0 N–H and O–H groups in total. The molecule has 1 aliphatic rings. The summed E-state index contributed by atoms with van der Waals surface area (Å²) in [5, 5.41) is 11.4. The van der Waals surface area contributed by atoms with Crippen molar-refractivity contribution in [2.45, 2.75) is 18.9 Å². The van der Waals surface area contributed by atoms with Gasteiger partial charge in [-0.15, -0.1) is 0 Å². The Bertz CT molecular complexity index is 1140. The zero-order valence-electron chi connectivity index (χ0n) is 16.5. The maximum absolute atomic E-state index is 12.9. The van der Waals surface area contributed by atoms with Crippen LogP contribution in [-0.2, 0) is 0 Å². The fourth-order valence-electron chi connectivity index (χ4n) is 3.46. The van der Waals surface area contributed by atoms with E-state index in [1.807, 2.05) is 42.7 Å². The lowest BCUT2D eigenvalue weighted by Gasteiger charge is -2.20. The minimum atomic E-state index is -0.493. The molecule has 0 aliphatic carbocycles. The number of fused-ring (bicyclic) bond motifs is 1. The number of carbonyl (C=O) groups is 1. The first-order valence-electron chi connectivity index (χ1n) is 9.30. The Morgan fingerprint density at radius 1 is 1.20 bits per heavy atom. The SMILES string of the molecule is Cc1cc(C(=O)CSc2ncccc2[N+](=O)[O-])c(C)n1-c1ccc2c(c1)OCCO2. The van der Waals surface area contributed by atoms with Crippen LogP contribution in [0, 0.1) is 24.0 Å². The Hall–Kier alpha value is -3.33. The molecule has 0 saturated carbocycles. The molecule has 0 atom stereocenters. The number of ether oxygens (including phenoxy) is 2. The summed E-state index contributed by atoms with van der Waals surface area (Å²) in [7, 11) is 0. The molecule has 0 unspecified atom stereocenters. The van der Waals surface area contributed by atoms with Crippen molar-refractivity contribution in [2.75, 3.05) is 19.0 Å². The van der Waals surface area contributed by atoms with Crippen molar-refractivity contribution in [1.82, 2.24) is 9.55 Å². The molecule has 4 rings (SSSR count). The molecule has 1 aliphatic heterocycles. The van der Waals surface area contributed by atoms with E-state index in [-0.39, 0.29) is 22.2 Å². The summed E-state index contributed by atoms with van der Waals surface area (Å²) in [5.74, 6) is 1.33. The van der Waals surface area contributed by atoms with E-state index in [2.05, 4.69) is 4.98 Å². The smallest absolute Gasteiger partial charge is 0.301 e. The van der Waals surface area contributed by atoms with Gasteiger partial charge in [0.1, 0.15) is 13.2 Å². The number of hydrogen-bond acceptors (Lipinski definition) is 7. The van der Waals surface area contributed by atoms with Crippen molar-refractivity contribution in [3.05, 3.63) is 69.7 Å². The predicted molar refractivity (Wildman–Crippen MR) is 112 cm³/mol. The highest BCUT2D eigenvalue weighted by molar-refractivity contribution is 8.00. The minimum absolute atomic E-state index is 0.0588. The molecule has 3 aromatic rings. The maximum atomic E-state index is 12.9. The van der Waals surface area contributed by atoms with Gasteiger partial charge < -0.3 is 14.0 Å². The number of nitro groups is 1. The lowest BCUT2D eigenvalue weighted by atomic mass is 10.2. The number of thioether (sulfide) groups is 1. The molecular weight excluding hydrogens is 406 g/mol. The van der Waals surface area contributed by atoms with Gasteiger partial charge in [0.15, 0.2) is 22.3 Å². The summed E-state index contributed by atoms with van der Waals surface area (Å²) in [6.07, 6.45) is 1.48. The molecule has 8 nitrogen and oxygen atoms in total. The first-order valence-corrected chi connectivity index (χ1v) is 10.3. The van der Waals surface area contributed by atoms with Gasteiger partial charge in [0.05, 0.1) is 10.7 Å². The van der Waals surface area contributed by atoms with Crippen LogP contribution in [0.1, 0.15) is 21.7 Å². The Balaban J connectivity index is 1.58. The van der Waals surface area contributed by atoms with E-state index in [1.165, 1.54) is 18.3 Å². The second-order valence-electron chi connectivity index (χ2n) is 6.74. The summed E-state index contributed by atoms with van der Waals surface area (Å²) < 4.78 is 13.2. The van der Waals surface area contributed by atoms with Gasteiger partial charge in [-0.05, 0) is 38.1 Å². The third-order valence-corrected chi connectivity index (χ3v) is 5.80. The summed E-state index contributed by atoms with van der Waals surface area (Å²) >= 11 is 1.07. The molecule has 154 valence electrons. The first-order chi connectivity index (χ1) is 14.5. The number of Topliss-reactive ketones (excluding diaryl/α,β-unsaturated/α-hetero) is 1. The molecule has 0 saturated heterocycles. The van der Waals surface area contributed by atoms with Crippen molar-refractivity contribution in [3.8, 4) is 17.2 Å². The molecule has 0 radical (unpaired) electrons. The summed E-state index contributed by atoms with van der Waals surface area (Å²) in [6.45, 7) is 4.83. The molecule has 1 aromatic carbocycles.